The average molecular weight is 930 g/mol. The van der Waals surface area contributed by atoms with Gasteiger partial charge in [0, 0.05) is 36.9 Å². The number of benzene rings is 9. The first kappa shape index (κ1) is 47.0. The molecule has 0 amide bonds. The van der Waals surface area contributed by atoms with Crippen molar-refractivity contribution in [3.8, 4) is 44.5 Å². The van der Waals surface area contributed by atoms with Gasteiger partial charge < -0.3 is 4.90 Å². The molecular weight excluding hydrogens is 863 g/mol. The summed E-state index contributed by atoms with van der Waals surface area (Å²) in [7, 11) is 0. The Hall–Kier alpha value is -6.74. The average Bonchev–Trinajstić information content (AvgIpc) is 3.72. The first-order valence-corrected chi connectivity index (χ1v) is 25.9. The van der Waals surface area contributed by atoms with E-state index in [1.165, 1.54) is 97.7 Å². The smallest absolute Gasteiger partial charge is 0.0540 e. The Kier molecular flexibility index (Phi) is 11.8. The fourth-order valence-electron chi connectivity index (χ4n) is 10.2. The van der Waals surface area contributed by atoms with E-state index >= 15 is 0 Å². The largest absolute Gasteiger partial charge is 0.309 e. The van der Waals surface area contributed by atoms with Crippen LogP contribution in [0, 0.1) is 0 Å². The van der Waals surface area contributed by atoms with Crippen molar-refractivity contribution in [2.45, 2.75) is 105 Å². The van der Waals surface area contributed by atoms with Crippen molar-refractivity contribution < 1.29 is 0 Å². The molecule has 0 bridgehead atoms. The van der Waals surface area contributed by atoms with Gasteiger partial charge in [-0.05, 0) is 113 Å². The van der Waals surface area contributed by atoms with Crippen LogP contribution in [-0.4, -0.2) is 0 Å². The lowest BCUT2D eigenvalue weighted by atomic mass is 9.78. The minimum absolute atomic E-state index is 0.0169. The second-order valence-electron chi connectivity index (χ2n) is 23.5. The number of thiophene rings is 1. The molecule has 9 aromatic carbocycles. The monoisotopic (exact) mass is 929 g/mol. The summed E-state index contributed by atoms with van der Waals surface area (Å²) >= 11 is 1.87. The molecule has 0 saturated carbocycles. The Morgan fingerprint density at radius 3 is 1.16 bits per heavy atom. The van der Waals surface area contributed by atoms with Gasteiger partial charge in [0.2, 0.25) is 0 Å². The molecule has 0 saturated heterocycles. The van der Waals surface area contributed by atoms with Crippen LogP contribution in [0.2, 0.25) is 0 Å². The highest BCUT2D eigenvalue weighted by atomic mass is 32.1. The van der Waals surface area contributed by atoms with Crippen molar-refractivity contribution in [1.29, 1.82) is 0 Å². The van der Waals surface area contributed by atoms with Crippen LogP contribution >= 0.6 is 11.3 Å². The zero-order valence-electron chi connectivity index (χ0n) is 43.3. The lowest BCUT2D eigenvalue weighted by Crippen LogP contribution is -2.17. The maximum absolute atomic E-state index is 2.58. The highest BCUT2D eigenvalue weighted by Crippen LogP contribution is 2.52. The molecule has 0 fully saturated rings. The molecule has 1 nitrogen and oxygen atoms in total. The normalized spacial score (nSPS) is 12.6. The van der Waals surface area contributed by atoms with Gasteiger partial charge in [-0.3, -0.25) is 0 Å². The third-order valence-electron chi connectivity index (χ3n) is 14.3. The fraction of sp³-hybridized carbons (Fsp3) is 0.235. The van der Waals surface area contributed by atoms with E-state index in [0.29, 0.717) is 0 Å². The second-order valence-corrected chi connectivity index (χ2v) is 24.6. The van der Waals surface area contributed by atoms with Gasteiger partial charge in [0.25, 0.3) is 0 Å². The van der Waals surface area contributed by atoms with E-state index in [9.17, 15) is 0 Å². The van der Waals surface area contributed by atoms with Gasteiger partial charge in [0.05, 0.1) is 17.1 Å². The van der Waals surface area contributed by atoms with Crippen LogP contribution in [0.4, 0.5) is 17.1 Å². The molecule has 350 valence electrons. The summed E-state index contributed by atoms with van der Waals surface area (Å²) in [6, 6.07) is 71.4. The second kappa shape index (κ2) is 17.6. The zero-order valence-corrected chi connectivity index (χ0v) is 44.1. The van der Waals surface area contributed by atoms with E-state index in [-0.39, 0.29) is 21.7 Å². The molecule has 10 aromatic rings. The highest BCUT2D eigenvalue weighted by Gasteiger charge is 2.28. The minimum Gasteiger partial charge on any atom is -0.309 e. The van der Waals surface area contributed by atoms with Gasteiger partial charge in [-0.1, -0.05) is 241 Å². The van der Waals surface area contributed by atoms with Gasteiger partial charge in [0.15, 0.2) is 0 Å². The molecule has 0 aliphatic rings. The molecule has 0 aliphatic heterocycles. The summed E-state index contributed by atoms with van der Waals surface area (Å²) in [5.41, 5.74) is 18.3. The Morgan fingerprint density at radius 2 is 0.657 bits per heavy atom. The number of hydrogen-bond acceptors (Lipinski definition) is 2. The summed E-state index contributed by atoms with van der Waals surface area (Å²) in [5.74, 6) is 0. The molecule has 0 N–H and O–H groups in total. The predicted octanol–water partition coefficient (Wildman–Crippen LogP) is 20.5. The van der Waals surface area contributed by atoms with E-state index < -0.39 is 0 Å². The van der Waals surface area contributed by atoms with Crippen LogP contribution in [0.3, 0.4) is 0 Å². The molecule has 0 unspecified atom stereocenters. The first-order chi connectivity index (χ1) is 33.3. The summed E-state index contributed by atoms with van der Waals surface area (Å²) < 4.78 is 2.60. The van der Waals surface area contributed by atoms with Crippen molar-refractivity contribution in [1.82, 2.24) is 0 Å². The third kappa shape index (κ3) is 8.77. The lowest BCUT2D eigenvalue weighted by Gasteiger charge is -2.32. The summed E-state index contributed by atoms with van der Waals surface area (Å²) in [6.45, 7) is 28.0. The van der Waals surface area contributed by atoms with Gasteiger partial charge >= 0.3 is 0 Å². The van der Waals surface area contributed by atoms with Crippen molar-refractivity contribution >= 4 is 59.3 Å². The van der Waals surface area contributed by atoms with Crippen molar-refractivity contribution in [2.75, 3.05) is 4.90 Å². The Bertz CT molecular complexity index is 3520. The van der Waals surface area contributed by atoms with Gasteiger partial charge in [0.1, 0.15) is 0 Å². The Balaban J connectivity index is 1.30. The number of fused-ring (bicyclic) bond motifs is 4. The van der Waals surface area contributed by atoms with Gasteiger partial charge in [-0.2, -0.15) is 0 Å². The van der Waals surface area contributed by atoms with E-state index in [4.69, 9.17) is 0 Å². The van der Waals surface area contributed by atoms with Crippen LogP contribution in [0.5, 0.6) is 0 Å². The quantitative estimate of drug-likeness (QED) is 0.154. The Labute approximate surface area is 421 Å². The Morgan fingerprint density at radius 1 is 0.300 bits per heavy atom. The van der Waals surface area contributed by atoms with Crippen molar-refractivity contribution in [3.05, 3.63) is 210 Å². The van der Waals surface area contributed by atoms with Crippen molar-refractivity contribution in [2.24, 2.45) is 0 Å². The molecular formula is C68H67NS. The lowest BCUT2D eigenvalue weighted by molar-refractivity contribution is 0.568. The van der Waals surface area contributed by atoms with Gasteiger partial charge in [-0.15, -0.1) is 11.3 Å². The summed E-state index contributed by atoms with van der Waals surface area (Å²) in [4.78, 5) is 2.58. The molecule has 0 atom stereocenters. The molecule has 10 rings (SSSR count). The maximum atomic E-state index is 2.58. The number of nitrogens with zero attached hydrogens (tertiary/aromatic N) is 1. The number of hydrogen-bond donors (Lipinski definition) is 0. The van der Waals surface area contributed by atoms with E-state index in [1.54, 1.807) is 0 Å². The third-order valence-corrected chi connectivity index (χ3v) is 15.4. The standard InChI is InChI=1S/C68H67NS/c1-65(2,3)47-38-45(39-48(42-47)66(4,5)6)51-26-13-17-33-58(51)69(60-35-19-15-28-54(60)56-32-23-37-62-64(56)57-29-16-20-36-61(57)70-62)59-34-18-14-27-53(59)55-31-22-25-44-24-21-30-52(63(44)55)46-40-49(67(7,8)9)43-50(41-46)68(10,11)12/h13-43H,1-12H3. The fourth-order valence-corrected chi connectivity index (χ4v) is 11.3. The number of rotatable bonds is 7. The molecule has 70 heavy (non-hydrogen) atoms. The number of anilines is 3. The van der Waals surface area contributed by atoms with Crippen LogP contribution < -0.4 is 4.90 Å². The van der Waals surface area contributed by atoms with Crippen LogP contribution in [-0.2, 0) is 21.7 Å². The molecule has 1 aromatic heterocycles. The molecule has 0 radical (unpaired) electrons. The molecule has 1 heterocycles. The maximum Gasteiger partial charge on any atom is 0.0540 e. The summed E-state index contributed by atoms with van der Waals surface area (Å²) in [6.07, 6.45) is 0. The predicted molar refractivity (Wildman–Crippen MR) is 308 cm³/mol. The van der Waals surface area contributed by atoms with E-state index in [0.717, 1.165) is 17.1 Å². The van der Waals surface area contributed by atoms with E-state index in [2.05, 4.69) is 276 Å². The minimum atomic E-state index is -0.0437. The van der Waals surface area contributed by atoms with Gasteiger partial charge in [-0.25, -0.2) is 0 Å². The van der Waals surface area contributed by atoms with Crippen LogP contribution in [0.1, 0.15) is 105 Å². The zero-order chi connectivity index (χ0) is 49.3. The van der Waals surface area contributed by atoms with Crippen LogP contribution in [0.15, 0.2) is 188 Å². The van der Waals surface area contributed by atoms with Crippen LogP contribution in [0.25, 0.3) is 75.5 Å². The summed E-state index contributed by atoms with van der Waals surface area (Å²) in [5, 5.41) is 5.07. The molecule has 0 aliphatic carbocycles. The SMILES string of the molecule is CC(C)(C)c1cc(-c2ccccc2N(c2ccccc2-c2cccc3cccc(-c4cc(C(C)(C)C)cc(C(C)(C)C)c4)c23)c2ccccc2-c2cccc3sc4ccccc4c23)cc(C(C)(C)C)c1. The highest BCUT2D eigenvalue weighted by molar-refractivity contribution is 7.25. The first-order valence-electron chi connectivity index (χ1n) is 25.1. The van der Waals surface area contributed by atoms with E-state index in [1.807, 2.05) is 11.3 Å². The molecule has 0 spiro atoms. The van der Waals surface area contributed by atoms with Crippen molar-refractivity contribution in [3.63, 3.8) is 0 Å². The topological polar surface area (TPSA) is 3.24 Å². The number of para-hydroxylation sites is 3. The molecule has 2 heteroatoms.